The lowest BCUT2D eigenvalue weighted by Crippen LogP contribution is -2.16. The first-order valence-electron chi connectivity index (χ1n) is 7.82. The van der Waals surface area contributed by atoms with Crippen molar-refractivity contribution in [3.05, 3.63) is 65.9 Å². The highest BCUT2D eigenvalue weighted by atomic mass is 19.4. The number of aromatic amines is 1. The van der Waals surface area contributed by atoms with E-state index in [0.29, 0.717) is 11.3 Å². The summed E-state index contributed by atoms with van der Waals surface area (Å²) in [6.07, 6.45) is -4.62. The second-order valence-corrected chi connectivity index (χ2v) is 5.57. The van der Waals surface area contributed by atoms with E-state index in [1.165, 1.54) is 42.5 Å². The minimum atomic E-state index is -4.62. The maximum atomic E-state index is 13.0. The first-order valence-corrected chi connectivity index (χ1v) is 7.82. The molecule has 3 rings (SSSR count). The van der Waals surface area contributed by atoms with Gasteiger partial charge in [0.15, 0.2) is 0 Å². The fourth-order valence-corrected chi connectivity index (χ4v) is 2.42. The predicted molar refractivity (Wildman–Crippen MR) is 90.1 cm³/mol. The molecule has 0 bridgehead atoms. The first-order chi connectivity index (χ1) is 13.2. The number of nitrogens with one attached hydrogen (secondary N) is 2. The van der Waals surface area contributed by atoms with Gasteiger partial charge in [-0.15, -0.1) is 0 Å². The number of amides is 1. The average molecular weight is 397 g/mol. The second-order valence-electron chi connectivity index (χ2n) is 5.57. The number of ether oxygens (including phenoxy) is 1. The van der Waals surface area contributed by atoms with Crippen molar-refractivity contribution in [3.63, 3.8) is 0 Å². The van der Waals surface area contributed by atoms with Crippen molar-refractivity contribution in [2.45, 2.75) is 12.8 Å². The van der Waals surface area contributed by atoms with Gasteiger partial charge in [-0.1, -0.05) is 12.1 Å². The third-order valence-electron chi connectivity index (χ3n) is 3.68. The Kier molecular flexibility index (Phi) is 5.30. The molecule has 0 aliphatic rings. The molecule has 0 aliphatic carbocycles. The van der Waals surface area contributed by atoms with Crippen LogP contribution in [0, 0.1) is 0 Å². The summed E-state index contributed by atoms with van der Waals surface area (Å²) in [4.78, 5) is 12.3. The molecule has 146 valence electrons. The smallest absolute Gasteiger partial charge is 0.418 e. The van der Waals surface area contributed by atoms with E-state index in [0.717, 1.165) is 12.1 Å². The van der Waals surface area contributed by atoms with Crippen LogP contribution in [0.15, 0.2) is 54.6 Å². The molecule has 0 saturated heterocycles. The Bertz CT molecular complexity index is 968. The molecule has 0 fully saturated rings. The summed E-state index contributed by atoms with van der Waals surface area (Å²) in [5.74, 6) is -0.857. The largest absolute Gasteiger partial charge is 0.435 e. The molecule has 0 spiro atoms. The Labute approximate surface area is 155 Å². The van der Waals surface area contributed by atoms with Gasteiger partial charge in [-0.2, -0.15) is 27.1 Å². The highest BCUT2D eigenvalue weighted by Gasteiger charge is 2.33. The lowest BCUT2D eigenvalue weighted by Gasteiger charge is -2.12. The summed E-state index contributed by atoms with van der Waals surface area (Å²) in [7, 11) is 0. The number of carbonyl (C=O) groups excluding carboxylic acids is 1. The second kappa shape index (κ2) is 7.67. The van der Waals surface area contributed by atoms with Gasteiger partial charge >= 0.3 is 12.8 Å². The van der Waals surface area contributed by atoms with Gasteiger partial charge in [-0.3, -0.25) is 9.89 Å². The van der Waals surface area contributed by atoms with Crippen LogP contribution in [0.3, 0.4) is 0 Å². The van der Waals surface area contributed by atoms with Crippen LogP contribution in [0.2, 0.25) is 0 Å². The summed E-state index contributed by atoms with van der Waals surface area (Å²) >= 11 is 0. The molecule has 1 heterocycles. The molecular weight excluding hydrogens is 385 g/mol. The van der Waals surface area contributed by atoms with Gasteiger partial charge in [0.2, 0.25) is 0 Å². The van der Waals surface area contributed by atoms with E-state index in [1.54, 1.807) is 0 Å². The number of anilines is 1. The van der Waals surface area contributed by atoms with Crippen molar-refractivity contribution in [2.24, 2.45) is 0 Å². The number of aromatic nitrogens is 2. The molecule has 2 N–H and O–H groups in total. The van der Waals surface area contributed by atoms with Crippen LogP contribution in [-0.2, 0) is 6.18 Å². The van der Waals surface area contributed by atoms with E-state index in [9.17, 15) is 26.7 Å². The van der Waals surface area contributed by atoms with Crippen LogP contribution in [-0.4, -0.2) is 22.7 Å². The van der Waals surface area contributed by atoms with Crippen LogP contribution < -0.4 is 10.1 Å². The number of H-pyrrole nitrogens is 1. The van der Waals surface area contributed by atoms with Crippen molar-refractivity contribution in [1.29, 1.82) is 0 Å². The van der Waals surface area contributed by atoms with Gasteiger partial charge in [0.05, 0.1) is 16.9 Å². The molecule has 0 saturated carbocycles. The van der Waals surface area contributed by atoms with Crippen molar-refractivity contribution in [2.75, 3.05) is 5.32 Å². The topological polar surface area (TPSA) is 67.0 Å². The summed E-state index contributed by atoms with van der Waals surface area (Å²) in [6, 6.07) is 11.4. The van der Waals surface area contributed by atoms with E-state index in [2.05, 4.69) is 20.3 Å². The number of rotatable bonds is 5. The maximum absolute atomic E-state index is 13.0. The molecular formula is C18H12F5N3O2. The molecule has 0 atom stereocenters. The Balaban J connectivity index is 1.76. The number of nitrogens with zero attached hydrogens (tertiary/aromatic N) is 1. The standard InChI is InChI=1S/C18H12F5N3O2/c19-17(20)28-11-7-5-10(6-8-11)14-9-15(26-25-14)16(27)24-13-4-2-1-3-12(13)18(21,22)23/h1-9,17H,(H,24,27)(H,25,26). The third-order valence-corrected chi connectivity index (χ3v) is 3.68. The van der Waals surface area contributed by atoms with Crippen molar-refractivity contribution >= 4 is 11.6 Å². The summed E-state index contributed by atoms with van der Waals surface area (Å²) in [6.45, 7) is -2.95. The zero-order chi connectivity index (χ0) is 20.3. The minimum Gasteiger partial charge on any atom is -0.435 e. The number of halogens is 5. The molecule has 10 heteroatoms. The van der Waals surface area contributed by atoms with Gasteiger partial charge in [0.25, 0.3) is 5.91 Å². The van der Waals surface area contributed by atoms with E-state index < -0.39 is 24.3 Å². The van der Waals surface area contributed by atoms with E-state index in [4.69, 9.17) is 0 Å². The predicted octanol–water partition coefficient (Wildman–Crippen LogP) is 4.95. The Morgan fingerprint density at radius 2 is 1.75 bits per heavy atom. The van der Waals surface area contributed by atoms with Gasteiger partial charge in [0, 0.05) is 5.56 Å². The molecule has 5 nitrogen and oxygen atoms in total. The molecule has 0 unspecified atom stereocenters. The molecule has 0 radical (unpaired) electrons. The van der Waals surface area contributed by atoms with E-state index >= 15 is 0 Å². The Morgan fingerprint density at radius 1 is 1.07 bits per heavy atom. The number of hydrogen-bond acceptors (Lipinski definition) is 3. The minimum absolute atomic E-state index is 0.0454. The molecule has 1 amide bonds. The first kappa shape index (κ1) is 19.3. The number of para-hydroxylation sites is 1. The summed E-state index contributed by atoms with van der Waals surface area (Å²) < 4.78 is 67.6. The van der Waals surface area contributed by atoms with Crippen LogP contribution in [0.1, 0.15) is 16.1 Å². The molecule has 0 aliphatic heterocycles. The molecule has 28 heavy (non-hydrogen) atoms. The summed E-state index contributed by atoms with van der Waals surface area (Å²) in [5, 5.41) is 8.54. The van der Waals surface area contributed by atoms with Crippen molar-refractivity contribution in [1.82, 2.24) is 10.2 Å². The molecule has 3 aromatic rings. The highest BCUT2D eigenvalue weighted by molar-refractivity contribution is 6.03. The summed E-state index contributed by atoms with van der Waals surface area (Å²) in [5.41, 5.74) is -0.632. The Morgan fingerprint density at radius 3 is 2.39 bits per heavy atom. The maximum Gasteiger partial charge on any atom is 0.418 e. The SMILES string of the molecule is O=C(Nc1ccccc1C(F)(F)F)c1cc(-c2ccc(OC(F)F)cc2)n[nH]1. The molecule has 1 aromatic heterocycles. The van der Waals surface area contributed by atoms with Crippen LogP contribution in [0.25, 0.3) is 11.3 Å². The van der Waals surface area contributed by atoms with Crippen molar-refractivity contribution < 1.29 is 31.5 Å². The van der Waals surface area contributed by atoms with Crippen LogP contribution in [0.5, 0.6) is 5.75 Å². The van der Waals surface area contributed by atoms with E-state index in [1.807, 2.05) is 0 Å². The number of benzene rings is 2. The van der Waals surface area contributed by atoms with Crippen molar-refractivity contribution in [3.8, 4) is 17.0 Å². The zero-order valence-corrected chi connectivity index (χ0v) is 13.9. The Hall–Kier alpha value is -3.43. The fraction of sp³-hybridized carbons (Fsp3) is 0.111. The third kappa shape index (κ3) is 4.45. The zero-order valence-electron chi connectivity index (χ0n) is 13.9. The normalized spacial score (nSPS) is 11.5. The van der Waals surface area contributed by atoms with Gasteiger partial charge in [0.1, 0.15) is 11.4 Å². The van der Waals surface area contributed by atoms with Crippen LogP contribution in [0.4, 0.5) is 27.6 Å². The fourth-order valence-electron chi connectivity index (χ4n) is 2.42. The highest BCUT2D eigenvalue weighted by Crippen LogP contribution is 2.34. The quantitative estimate of drug-likeness (QED) is 0.599. The van der Waals surface area contributed by atoms with Gasteiger partial charge in [-0.25, -0.2) is 0 Å². The lowest BCUT2D eigenvalue weighted by molar-refractivity contribution is -0.136. The lowest BCUT2D eigenvalue weighted by atomic mass is 10.1. The van der Waals surface area contributed by atoms with E-state index in [-0.39, 0.29) is 17.1 Å². The average Bonchev–Trinajstić information content (AvgIpc) is 3.12. The monoisotopic (exact) mass is 397 g/mol. The van der Waals surface area contributed by atoms with Gasteiger partial charge in [-0.05, 0) is 42.5 Å². The number of hydrogen-bond donors (Lipinski definition) is 2. The molecule has 2 aromatic carbocycles. The van der Waals surface area contributed by atoms with Crippen LogP contribution >= 0.6 is 0 Å². The van der Waals surface area contributed by atoms with Gasteiger partial charge < -0.3 is 10.1 Å². The number of carbonyl (C=O) groups is 1. The number of alkyl halides is 5.